The normalized spacial score (nSPS) is 18.2. The second-order valence-corrected chi connectivity index (χ2v) is 7.97. The monoisotopic (exact) mass is 415 g/mol. The van der Waals surface area contributed by atoms with Crippen molar-refractivity contribution < 1.29 is 9.53 Å². The number of hydrogen-bond acceptors (Lipinski definition) is 7. The van der Waals surface area contributed by atoms with Crippen LogP contribution in [0.25, 0.3) is 0 Å². The molecule has 0 bridgehead atoms. The van der Waals surface area contributed by atoms with Crippen LogP contribution < -0.4 is 19.9 Å². The largest absolute Gasteiger partial charge is 0.457 e. The van der Waals surface area contributed by atoms with Gasteiger partial charge in [-0.25, -0.2) is 4.98 Å². The van der Waals surface area contributed by atoms with E-state index in [-0.39, 0.29) is 6.17 Å². The van der Waals surface area contributed by atoms with Crippen LogP contribution in [0.4, 0.5) is 23.1 Å². The van der Waals surface area contributed by atoms with E-state index in [0.29, 0.717) is 12.0 Å². The number of likely N-dealkylation sites (N-methyl/N-ethyl adjacent to an activating group) is 1. The van der Waals surface area contributed by atoms with Gasteiger partial charge in [0.15, 0.2) is 18.3 Å². The molecule has 1 aliphatic heterocycles. The maximum Gasteiger partial charge on any atom is 0.229 e. The van der Waals surface area contributed by atoms with E-state index in [1.54, 1.807) is 6.20 Å². The molecule has 1 N–H and O–H groups in total. The van der Waals surface area contributed by atoms with E-state index in [1.807, 2.05) is 66.5 Å². The summed E-state index contributed by atoms with van der Waals surface area (Å²) in [6.07, 6.45) is 7.04. The lowest BCUT2D eigenvalue weighted by Gasteiger charge is -2.30. The third-order valence-electron chi connectivity index (χ3n) is 5.99. The van der Waals surface area contributed by atoms with E-state index < -0.39 is 0 Å². The SMILES string of the molecule is CN1c2cnc(Nc3ccc(Oc4ccccc4)cc3)nc2N(C2CCCC2)C1C=O. The second kappa shape index (κ2) is 8.26. The molecule has 31 heavy (non-hydrogen) atoms. The summed E-state index contributed by atoms with van der Waals surface area (Å²) in [5.74, 6) is 2.90. The van der Waals surface area contributed by atoms with E-state index in [2.05, 4.69) is 15.2 Å². The minimum absolute atomic E-state index is 0.322. The van der Waals surface area contributed by atoms with Crippen LogP contribution in [0.15, 0.2) is 60.8 Å². The van der Waals surface area contributed by atoms with Crippen LogP contribution in [0.2, 0.25) is 0 Å². The molecule has 2 aliphatic rings. The number of carbonyl (C=O) groups is 1. The first-order valence-corrected chi connectivity index (χ1v) is 10.7. The standard InChI is InChI=1S/C24H25N5O2/c1-28-21-15-25-24(27-23(21)29(22(28)16-30)18-7-5-6-8-18)26-17-11-13-20(14-12-17)31-19-9-3-2-4-10-19/h2-4,9-16,18,22H,5-8H2,1H3,(H,25,26,27). The predicted molar refractivity (Wildman–Crippen MR) is 121 cm³/mol. The number of para-hydroxylation sites is 1. The third kappa shape index (κ3) is 3.79. The molecule has 158 valence electrons. The summed E-state index contributed by atoms with van der Waals surface area (Å²) in [5, 5.41) is 3.27. The molecule has 0 saturated heterocycles. The van der Waals surface area contributed by atoms with Crippen molar-refractivity contribution in [2.75, 3.05) is 22.2 Å². The lowest BCUT2D eigenvalue weighted by molar-refractivity contribution is -0.108. The Hall–Kier alpha value is -3.61. The van der Waals surface area contributed by atoms with Crippen molar-refractivity contribution in [2.24, 2.45) is 0 Å². The molecule has 1 aliphatic carbocycles. The molecule has 2 heterocycles. The van der Waals surface area contributed by atoms with Crippen molar-refractivity contribution in [2.45, 2.75) is 37.9 Å². The maximum absolute atomic E-state index is 11.8. The molecular weight excluding hydrogens is 390 g/mol. The van der Waals surface area contributed by atoms with Crippen molar-refractivity contribution >= 4 is 29.4 Å². The van der Waals surface area contributed by atoms with Gasteiger partial charge in [-0.15, -0.1) is 0 Å². The van der Waals surface area contributed by atoms with Gasteiger partial charge in [-0.3, -0.25) is 4.79 Å². The fraction of sp³-hybridized carbons (Fsp3) is 0.292. The molecule has 3 aromatic rings. The lowest BCUT2D eigenvalue weighted by Crippen LogP contribution is -2.47. The molecule has 1 unspecified atom stereocenters. The number of nitrogens with zero attached hydrogens (tertiary/aromatic N) is 4. The van der Waals surface area contributed by atoms with Gasteiger partial charge >= 0.3 is 0 Å². The smallest absolute Gasteiger partial charge is 0.229 e. The van der Waals surface area contributed by atoms with Crippen LogP contribution in [0, 0.1) is 0 Å². The van der Waals surface area contributed by atoms with E-state index in [1.165, 1.54) is 12.8 Å². The highest BCUT2D eigenvalue weighted by molar-refractivity contribution is 5.84. The van der Waals surface area contributed by atoms with Gasteiger partial charge < -0.3 is 19.9 Å². The summed E-state index contributed by atoms with van der Waals surface area (Å²) in [7, 11) is 1.93. The van der Waals surface area contributed by atoms with Crippen LogP contribution in [0.3, 0.4) is 0 Å². The van der Waals surface area contributed by atoms with Crippen molar-refractivity contribution in [1.29, 1.82) is 0 Å². The first-order chi connectivity index (χ1) is 15.2. The minimum Gasteiger partial charge on any atom is -0.457 e. The summed E-state index contributed by atoms with van der Waals surface area (Å²) in [6.45, 7) is 0. The Labute approximate surface area is 181 Å². The summed E-state index contributed by atoms with van der Waals surface area (Å²) in [6, 6.07) is 17.7. The number of aldehydes is 1. The Morgan fingerprint density at radius 2 is 1.74 bits per heavy atom. The zero-order chi connectivity index (χ0) is 21.2. The molecular formula is C24H25N5O2. The zero-order valence-corrected chi connectivity index (χ0v) is 17.4. The number of rotatable bonds is 6. The van der Waals surface area contributed by atoms with Crippen LogP contribution in [-0.4, -0.2) is 35.5 Å². The number of fused-ring (bicyclic) bond motifs is 1. The number of benzene rings is 2. The molecule has 1 fully saturated rings. The number of hydrogen-bond donors (Lipinski definition) is 1. The van der Waals surface area contributed by atoms with Crippen molar-refractivity contribution in [3.8, 4) is 11.5 Å². The number of anilines is 4. The average Bonchev–Trinajstić information content (AvgIpc) is 3.42. The minimum atomic E-state index is -0.322. The fourth-order valence-electron chi connectivity index (χ4n) is 4.41. The Balaban J connectivity index is 1.35. The Morgan fingerprint density at radius 3 is 2.45 bits per heavy atom. The van der Waals surface area contributed by atoms with Crippen LogP contribution in [0.5, 0.6) is 11.5 Å². The van der Waals surface area contributed by atoms with Crippen LogP contribution in [-0.2, 0) is 4.79 Å². The van der Waals surface area contributed by atoms with Crippen molar-refractivity contribution in [1.82, 2.24) is 9.97 Å². The molecule has 0 amide bonds. The number of ether oxygens (including phenoxy) is 1. The number of nitrogens with one attached hydrogen (secondary N) is 1. The van der Waals surface area contributed by atoms with Crippen molar-refractivity contribution in [3.63, 3.8) is 0 Å². The Bertz CT molecular complexity index is 1050. The summed E-state index contributed by atoms with van der Waals surface area (Å²) in [5.41, 5.74) is 1.76. The molecule has 1 aromatic heterocycles. The van der Waals surface area contributed by atoms with Gasteiger partial charge in [-0.1, -0.05) is 31.0 Å². The topological polar surface area (TPSA) is 70.6 Å². The van der Waals surface area contributed by atoms with Crippen molar-refractivity contribution in [3.05, 3.63) is 60.8 Å². The zero-order valence-electron chi connectivity index (χ0n) is 17.4. The molecule has 5 rings (SSSR count). The highest BCUT2D eigenvalue weighted by Crippen LogP contribution is 2.41. The molecule has 2 aromatic carbocycles. The highest BCUT2D eigenvalue weighted by Gasteiger charge is 2.40. The van der Waals surface area contributed by atoms with Gasteiger partial charge in [-0.05, 0) is 49.2 Å². The molecule has 7 heteroatoms. The van der Waals surface area contributed by atoms with E-state index in [4.69, 9.17) is 9.72 Å². The highest BCUT2D eigenvalue weighted by atomic mass is 16.5. The summed E-state index contributed by atoms with van der Waals surface area (Å²) >= 11 is 0. The van der Waals surface area contributed by atoms with Gasteiger partial charge in [-0.2, -0.15) is 4.98 Å². The molecule has 0 spiro atoms. The number of aromatic nitrogens is 2. The van der Waals surface area contributed by atoms with E-state index >= 15 is 0 Å². The van der Waals surface area contributed by atoms with Gasteiger partial charge in [0, 0.05) is 18.8 Å². The number of carbonyl (C=O) groups excluding carboxylic acids is 1. The lowest BCUT2D eigenvalue weighted by atomic mass is 10.2. The average molecular weight is 415 g/mol. The molecule has 1 saturated carbocycles. The van der Waals surface area contributed by atoms with Gasteiger partial charge in [0.2, 0.25) is 5.95 Å². The maximum atomic E-state index is 11.8. The van der Waals surface area contributed by atoms with Gasteiger partial charge in [0.25, 0.3) is 0 Å². The second-order valence-electron chi connectivity index (χ2n) is 7.97. The molecule has 7 nitrogen and oxygen atoms in total. The first-order valence-electron chi connectivity index (χ1n) is 10.7. The van der Waals surface area contributed by atoms with E-state index in [0.717, 1.165) is 47.8 Å². The molecule has 0 radical (unpaired) electrons. The Kier molecular flexibility index (Phi) is 5.16. The van der Waals surface area contributed by atoms with Gasteiger partial charge in [0.1, 0.15) is 17.2 Å². The predicted octanol–water partition coefficient (Wildman–Crippen LogP) is 4.74. The summed E-state index contributed by atoms with van der Waals surface area (Å²) < 4.78 is 5.85. The van der Waals surface area contributed by atoms with Crippen LogP contribution in [0.1, 0.15) is 25.7 Å². The third-order valence-corrected chi connectivity index (χ3v) is 5.99. The first kappa shape index (κ1) is 19.4. The molecule has 1 atom stereocenters. The fourth-order valence-corrected chi connectivity index (χ4v) is 4.41. The van der Waals surface area contributed by atoms with Gasteiger partial charge in [0.05, 0.1) is 6.20 Å². The van der Waals surface area contributed by atoms with E-state index in [9.17, 15) is 4.79 Å². The summed E-state index contributed by atoms with van der Waals surface area (Å²) in [4.78, 5) is 25.2. The quantitative estimate of drug-likeness (QED) is 0.583. The van der Waals surface area contributed by atoms with Crippen LogP contribution >= 0.6 is 0 Å². The Morgan fingerprint density at radius 1 is 1.03 bits per heavy atom.